The van der Waals surface area contributed by atoms with Gasteiger partial charge in [-0.2, -0.15) is 4.31 Å². The fraction of sp³-hybridized carbons (Fsp3) is 0.438. The summed E-state index contributed by atoms with van der Waals surface area (Å²) < 4.78 is 43.3. The number of benzene rings is 1. The molecule has 130 valence electrons. The summed E-state index contributed by atoms with van der Waals surface area (Å²) in [5, 5.41) is 3.87. The number of aromatic nitrogens is 1. The summed E-state index contributed by atoms with van der Waals surface area (Å²) in [5.74, 6) is 1.44. The molecule has 0 bridgehead atoms. The highest BCUT2D eigenvalue weighted by Gasteiger charge is 2.38. The molecule has 1 aromatic carbocycles. The maximum Gasteiger partial charge on any atom is 0.243 e. The van der Waals surface area contributed by atoms with Gasteiger partial charge in [0.2, 0.25) is 10.0 Å². The van der Waals surface area contributed by atoms with E-state index in [9.17, 15) is 8.42 Å². The molecule has 0 saturated carbocycles. The largest absolute Gasteiger partial charge is 0.493 e. The molecule has 24 heavy (non-hydrogen) atoms. The first-order valence-corrected chi connectivity index (χ1v) is 9.08. The molecule has 1 aliphatic heterocycles. The van der Waals surface area contributed by atoms with Gasteiger partial charge in [0.25, 0.3) is 0 Å². The molecule has 0 amide bonds. The molecular weight excluding hydrogens is 332 g/mol. The van der Waals surface area contributed by atoms with Crippen LogP contribution in [0.3, 0.4) is 0 Å². The van der Waals surface area contributed by atoms with Crippen molar-refractivity contribution in [2.75, 3.05) is 20.8 Å². The molecule has 2 heterocycles. The van der Waals surface area contributed by atoms with Gasteiger partial charge in [0.15, 0.2) is 17.3 Å². The van der Waals surface area contributed by atoms with Crippen molar-refractivity contribution in [2.24, 2.45) is 0 Å². The molecule has 0 unspecified atom stereocenters. The van der Waals surface area contributed by atoms with E-state index in [0.717, 1.165) is 12.1 Å². The molecule has 1 aromatic heterocycles. The van der Waals surface area contributed by atoms with E-state index >= 15 is 0 Å². The molecule has 0 N–H and O–H groups in total. The zero-order valence-electron chi connectivity index (χ0n) is 13.9. The minimum atomic E-state index is -3.67. The van der Waals surface area contributed by atoms with Gasteiger partial charge in [0.05, 0.1) is 30.9 Å². The van der Waals surface area contributed by atoms with Crippen LogP contribution in [0.4, 0.5) is 0 Å². The van der Waals surface area contributed by atoms with Gasteiger partial charge < -0.3 is 14.0 Å². The second-order valence-electron chi connectivity index (χ2n) is 5.66. The number of ether oxygens (including phenoxy) is 2. The van der Waals surface area contributed by atoms with Crippen molar-refractivity contribution in [1.82, 2.24) is 9.46 Å². The van der Waals surface area contributed by atoms with Gasteiger partial charge in [0.1, 0.15) is 0 Å². The van der Waals surface area contributed by atoms with Crippen LogP contribution in [0, 0.1) is 6.92 Å². The Bertz CT molecular complexity index is 831. The van der Waals surface area contributed by atoms with E-state index in [2.05, 4.69) is 5.16 Å². The molecule has 8 heteroatoms. The Morgan fingerprint density at radius 2 is 1.96 bits per heavy atom. The fourth-order valence-corrected chi connectivity index (χ4v) is 4.65. The molecule has 1 atom stereocenters. The Balaban J connectivity index is 1.97. The molecule has 1 aliphatic rings. The first kappa shape index (κ1) is 16.8. The smallest absolute Gasteiger partial charge is 0.243 e. The van der Waals surface area contributed by atoms with E-state index in [0.29, 0.717) is 30.2 Å². The standard InChI is InChI=1S/C16H20N2O5S/c1-11-9-15(23-17-11)13-5-4-8-18(13)24(19,20)12-6-7-14(21-2)16(10-12)22-3/h6-7,9-10,13H,4-5,8H2,1-3H3/t13-/m1/s1. The number of sulfonamides is 1. The summed E-state index contributed by atoms with van der Waals surface area (Å²) in [6.45, 7) is 2.26. The van der Waals surface area contributed by atoms with E-state index < -0.39 is 10.0 Å². The number of methoxy groups -OCH3 is 2. The molecule has 2 aromatic rings. The lowest BCUT2D eigenvalue weighted by molar-refractivity contribution is 0.297. The fourth-order valence-electron chi connectivity index (χ4n) is 2.96. The lowest BCUT2D eigenvalue weighted by atomic mass is 10.2. The normalized spacial score (nSPS) is 18.7. The van der Waals surface area contributed by atoms with Crippen LogP contribution in [0.2, 0.25) is 0 Å². The number of aryl methyl sites for hydroxylation is 1. The maximum atomic E-state index is 13.1. The van der Waals surface area contributed by atoms with Crippen LogP contribution >= 0.6 is 0 Å². The van der Waals surface area contributed by atoms with E-state index in [4.69, 9.17) is 14.0 Å². The Hall–Kier alpha value is -2.06. The summed E-state index contributed by atoms with van der Waals surface area (Å²) in [5.41, 5.74) is 0.736. The van der Waals surface area contributed by atoms with Crippen molar-refractivity contribution in [1.29, 1.82) is 0 Å². The highest BCUT2D eigenvalue weighted by molar-refractivity contribution is 7.89. The summed E-state index contributed by atoms with van der Waals surface area (Å²) >= 11 is 0. The van der Waals surface area contributed by atoms with Crippen LogP contribution in [0.5, 0.6) is 11.5 Å². The van der Waals surface area contributed by atoms with Crippen molar-refractivity contribution in [3.8, 4) is 11.5 Å². The minimum Gasteiger partial charge on any atom is -0.493 e. The SMILES string of the molecule is COc1ccc(S(=O)(=O)N2CCC[C@@H]2c2cc(C)no2)cc1OC. The lowest BCUT2D eigenvalue weighted by Crippen LogP contribution is -2.30. The molecule has 0 radical (unpaired) electrons. The molecule has 1 fully saturated rings. The number of nitrogens with zero attached hydrogens (tertiary/aromatic N) is 2. The second-order valence-corrected chi connectivity index (χ2v) is 7.55. The van der Waals surface area contributed by atoms with Crippen LogP contribution < -0.4 is 9.47 Å². The topological polar surface area (TPSA) is 81.9 Å². The van der Waals surface area contributed by atoms with Gasteiger partial charge in [-0.25, -0.2) is 8.42 Å². The average Bonchev–Trinajstić information content (AvgIpc) is 3.22. The first-order chi connectivity index (χ1) is 11.5. The third-order valence-corrected chi connectivity index (χ3v) is 6.04. The van der Waals surface area contributed by atoms with Gasteiger partial charge in [0, 0.05) is 18.7 Å². The van der Waals surface area contributed by atoms with Crippen LogP contribution in [0.1, 0.15) is 30.3 Å². The lowest BCUT2D eigenvalue weighted by Gasteiger charge is -2.22. The number of hydrogen-bond acceptors (Lipinski definition) is 6. The molecule has 0 aliphatic carbocycles. The zero-order valence-corrected chi connectivity index (χ0v) is 14.7. The average molecular weight is 352 g/mol. The molecule has 0 spiro atoms. The maximum absolute atomic E-state index is 13.1. The molecule has 7 nitrogen and oxygen atoms in total. The zero-order chi connectivity index (χ0) is 17.3. The number of rotatable bonds is 5. The van der Waals surface area contributed by atoms with E-state index in [-0.39, 0.29) is 10.9 Å². The van der Waals surface area contributed by atoms with Gasteiger partial charge in [-0.3, -0.25) is 0 Å². The van der Waals surface area contributed by atoms with Crippen molar-refractivity contribution in [3.63, 3.8) is 0 Å². The Labute approximate surface area is 141 Å². The van der Waals surface area contributed by atoms with Crippen molar-refractivity contribution in [2.45, 2.75) is 30.7 Å². The monoisotopic (exact) mass is 352 g/mol. The highest BCUT2D eigenvalue weighted by Crippen LogP contribution is 2.38. The van der Waals surface area contributed by atoms with Crippen molar-refractivity contribution < 1.29 is 22.4 Å². The predicted octanol–water partition coefficient (Wildman–Crippen LogP) is 2.53. The molecule has 3 rings (SSSR count). The van der Waals surface area contributed by atoms with Crippen LogP contribution in [0.15, 0.2) is 33.7 Å². The Kier molecular flexibility index (Phi) is 4.51. The van der Waals surface area contributed by atoms with Crippen molar-refractivity contribution in [3.05, 3.63) is 35.7 Å². The summed E-state index contributed by atoms with van der Waals surface area (Å²) in [4.78, 5) is 0.170. The van der Waals surface area contributed by atoms with Crippen molar-refractivity contribution >= 4 is 10.0 Å². The number of hydrogen-bond donors (Lipinski definition) is 0. The Morgan fingerprint density at radius 1 is 1.21 bits per heavy atom. The van der Waals surface area contributed by atoms with Crippen LogP contribution in [0.25, 0.3) is 0 Å². The minimum absolute atomic E-state index is 0.170. The van der Waals surface area contributed by atoms with E-state index in [1.54, 1.807) is 12.1 Å². The van der Waals surface area contributed by atoms with Gasteiger partial charge in [-0.15, -0.1) is 0 Å². The van der Waals surface area contributed by atoms with Crippen LogP contribution in [-0.4, -0.2) is 38.6 Å². The van der Waals surface area contributed by atoms with Gasteiger partial charge in [-0.05, 0) is 31.9 Å². The quantitative estimate of drug-likeness (QED) is 0.822. The summed E-state index contributed by atoms with van der Waals surface area (Å²) in [7, 11) is -0.689. The molecular formula is C16H20N2O5S. The molecule has 1 saturated heterocycles. The summed E-state index contributed by atoms with van der Waals surface area (Å²) in [6.07, 6.45) is 1.48. The third kappa shape index (κ3) is 2.87. The summed E-state index contributed by atoms with van der Waals surface area (Å²) in [6, 6.07) is 6.05. The predicted molar refractivity (Wildman–Crippen MR) is 86.7 cm³/mol. The van der Waals surface area contributed by atoms with Gasteiger partial charge >= 0.3 is 0 Å². The third-order valence-electron chi connectivity index (χ3n) is 4.14. The highest BCUT2D eigenvalue weighted by atomic mass is 32.2. The van der Waals surface area contributed by atoms with E-state index in [1.165, 1.54) is 30.7 Å². The Morgan fingerprint density at radius 3 is 2.58 bits per heavy atom. The first-order valence-electron chi connectivity index (χ1n) is 7.64. The second kappa shape index (κ2) is 6.45. The van der Waals surface area contributed by atoms with Gasteiger partial charge in [-0.1, -0.05) is 5.16 Å². The van der Waals surface area contributed by atoms with Crippen LogP contribution in [-0.2, 0) is 10.0 Å². The van der Waals surface area contributed by atoms with E-state index in [1.807, 2.05) is 6.92 Å².